The molecule has 1 aliphatic rings. The third-order valence-corrected chi connectivity index (χ3v) is 4.03. The Hall–Kier alpha value is -2.63. The van der Waals surface area contributed by atoms with E-state index in [4.69, 9.17) is 0 Å². The second kappa shape index (κ2) is 7.77. The molecule has 1 aromatic heterocycles. The molecule has 1 aromatic carbocycles. The fourth-order valence-electron chi connectivity index (χ4n) is 2.80. The Bertz CT molecular complexity index is 680. The predicted octanol–water partition coefficient (Wildman–Crippen LogP) is 3.56. The number of benzene rings is 1. The van der Waals surface area contributed by atoms with Crippen molar-refractivity contribution in [3.05, 3.63) is 36.5 Å². The highest BCUT2D eigenvalue weighted by atomic mass is 16.1. The van der Waals surface area contributed by atoms with Gasteiger partial charge < -0.3 is 15.5 Å². The van der Waals surface area contributed by atoms with Crippen molar-refractivity contribution in [1.29, 1.82) is 0 Å². The van der Waals surface area contributed by atoms with E-state index >= 15 is 0 Å². The van der Waals surface area contributed by atoms with E-state index in [9.17, 15) is 4.79 Å². The SMILES string of the molecule is CCCC(=O)Nc1ccc(Nc2cc(N3CCCC3)cnn2)cc1. The number of rotatable bonds is 6. The van der Waals surface area contributed by atoms with Crippen molar-refractivity contribution in [3.8, 4) is 0 Å². The molecule has 0 radical (unpaired) electrons. The molecule has 24 heavy (non-hydrogen) atoms. The molecule has 0 spiro atoms. The number of hydrogen-bond donors (Lipinski definition) is 2. The highest BCUT2D eigenvalue weighted by Gasteiger charge is 2.13. The van der Waals surface area contributed by atoms with E-state index in [1.54, 1.807) is 0 Å². The van der Waals surface area contributed by atoms with Crippen LogP contribution < -0.4 is 15.5 Å². The van der Waals surface area contributed by atoms with Gasteiger partial charge in [-0.3, -0.25) is 4.79 Å². The minimum Gasteiger partial charge on any atom is -0.370 e. The van der Waals surface area contributed by atoms with E-state index in [0.29, 0.717) is 6.42 Å². The van der Waals surface area contributed by atoms with Crippen molar-refractivity contribution in [3.63, 3.8) is 0 Å². The third kappa shape index (κ3) is 4.22. The molecule has 3 rings (SSSR count). The average molecular weight is 325 g/mol. The fraction of sp³-hybridized carbons (Fsp3) is 0.389. The Morgan fingerprint density at radius 3 is 2.58 bits per heavy atom. The van der Waals surface area contributed by atoms with Crippen LogP contribution in [0.3, 0.4) is 0 Å². The van der Waals surface area contributed by atoms with Crippen LogP contribution in [0.1, 0.15) is 32.6 Å². The van der Waals surface area contributed by atoms with Gasteiger partial charge in [-0.2, -0.15) is 5.10 Å². The molecule has 0 aliphatic carbocycles. The lowest BCUT2D eigenvalue weighted by Crippen LogP contribution is -2.18. The lowest BCUT2D eigenvalue weighted by Gasteiger charge is -2.17. The molecule has 126 valence electrons. The molecule has 1 fully saturated rings. The number of nitrogens with zero attached hydrogens (tertiary/aromatic N) is 3. The molecule has 1 saturated heterocycles. The number of carbonyl (C=O) groups is 1. The van der Waals surface area contributed by atoms with Crippen molar-refractivity contribution in [2.75, 3.05) is 28.6 Å². The molecule has 0 saturated carbocycles. The summed E-state index contributed by atoms with van der Waals surface area (Å²) in [5.74, 6) is 0.768. The van der Waals surface area contributed by atoms with Crippen LogP contribution in [0.5, 0.6) is 0 Å². The first-order valence-corrected chi connectivity index (χ1v) is 8.49. The number of aromatic nitrogens is 2. The molecule has 0 unspecified atom stereocenters. The average Bonchev–Trinajstić information content (AvgIpc) is 3.12. The van der Waals surface area contributed by atoms with Crippen LogP contribution in [0.2, 0.25) is 0 Å². The van der Waals surface area contributed by atoms with Crippen LogP contribution in [0.4, 0.5) is 22.9 Å². The minimum absolute atomic E-state index is 0.0439. The maximum Gasteiger partial charge on any atom is 0.224 e. The van der Waals surface area contributed by atoms with E-state index in [-0.39, 0.29) is 5.91 Å². The predicted molar refractivity (Wildman–Crippen MR) is 96.7 cm³/mol. The zero-order valence-electron chi connectivity index (χ0n) is 14.0. The van der Waals surface area contributed by atoms with E-state index in [2.05, 4.69) is 25.7 Å². The molecular weight excluding hydrogens is 302 g/mol. The Morgan fingerprint density at radius 1 is 1.17 bits per heavy atom. The molecule has 2 N–H and O–H groups in total. The van der Waals surface area contributed by atoms with Gasteiger partial charge in [0.05, 0.1) is 11.9 Å². The fourth-order valence-corrected chi connectivity index (χ4v) is 2.80. The Balaban J connectivity index is 1.63. The van der Waals surface area contributed by atoms with E-state index < -0.39 is 0 Å². The van der Waals surface area contributed by atoms with Crippen molar-refractivity contribution in [1.82, 2.24) is 10.2 Å². The van der Waals surface area contributed by atoms with Gasteiger partial charge in [0.25, 0.3) is 0 Å². The van der Waals surface area contributed by atoms with Crippen molar-refractivity contribution in [2.24, 2.45) is 0 Å². The summed E-state index contributed by atoms with van der Waals surface area (Å²) < 4.78 is 0. The van der Waals surface area contributed by atoms with Crippen LogP contribution in [0.15, 0.2) is 36.5 Å². The minimum atomic E-state index is 0.0439. The number of carbonyl (C=O) groups excluding carboxylic acids is 1. The van der Waals surface area contributed by atoms with Gasteiger partial charge in [0.15, 0.2) is 5.82 Å². The molecule has 0 bridgehead atoms. The molecule has 1 amide bonds. The highest BCUT2D eigenvalue weighted by Crippen LogP contribution is 2.23. The maximum atomic E-state index is 11.6. The van der Waals surface area contributed by atoms with Gasteiger partial charge in [-0.05, 0) is 43.5 Å². The number of amides is 1. The van der Waals surface area contributed by atoms with Crippen LogP contribution in [0.25, 0.3) is 0 Å². The Morgan fingerprint density at radius 2 is 1.88 bits per heavy atom. The maximum absolute atomic E-state index is 11.6. The first-order chi connectivity index (χ1) is 11.7. The van der Waals surface area contributed by atoms with Crippen molar-refractivity contribution >= 4 is 28.8 Å². The van der Waals surface area contributed by atoms with Gasteiger partial charge in [-0.15, -0.1) is 5.10 Å². The summed E-state index contributed by atoms with van der Waals surface area (Å²) in [5, 5.41) is 14.4. The summed E-state index contributed by atoms with van der Waals surface area (Å²) in [6.45, 7) is 4.15. The topological polar surface area (TPSA) is 70.2 Å². The molecule has 2 heterocycles. The van der Waals surface area contributed by atoms with E-state index in [1.165, 1.54) is 12.8 Å². The highest BCUT2D eigenvalue weighted by molar-refractivity contribution is 5.90. The van der Waals surface area contributed by atoms with E-state index in [0.717, 1.165) is 42.4 Å². The first-order valence-electron chi connectivity index (χ1n) is 8.49. The standard InChI is InChI=1S/C18H23N5O/c1-2-5-18(24)21-15-8-6-14(7-9-15)20-17-12-16(13-19-22-17)23-10-3-4-11-23/h6-9,12-13H,2-5,10-11H2,1H3,(H,20,22)(H,21,24). The largest absolute Gasteiger partial charge is 0.370 e. The van der Waals surface area contributed by atoms with Gasteiger partial charge >= 0.3 is 0 Å². The summed E-state index contributed by atoms with van der Waals surface area (Å²) in [4.78, 5) is 13.9. The monoisotopic (exact) mass is 325 g/mol. The summed E-state index contributed by atoms with van der Waals surface area (Å²) in [6, 6.07) is 9.63. The second-order valence-corrected chi connectivity index (χ2v) is 5.99. The summed E-state index contributed by atoms with van der Waals surface area (Å²) >= 11 is 0. The number of nitrogens with one attached hydrogen (secondary N) is 2. The number of anilines is 4. The molecular formula is C18H23N5O. The Labute approximate surface area is 142 Å². The normalized spacial score (nSPS) is 13.8. The van der Waals surface area contributed by atoms with Gasteiger partial charge in [-0.25, -0.2) is 0 Å². The van der Waals surface area contributed by atoms with Gasteiger partial charge in [0.1, 0.15) is 0 Å². The van der Waals surface area contributed by atoms with Crippen LogP contribution in [-0.2, 0) is 4.79 Å². The zero-order chi connectivity index (χ0) is 16.8. The smallest absolute Gasteiger partial charge is 0.224 e. The Kier molecular flexibility index (Phi) is 5.25. The van der Waals surface area contributed by atoms with Gasteiger partial charge in [-0.1, -0.05) is 6.92 Å². The quantitative estimate of drug-likeness (QED) is 0.850. The number of hydrogen-bond acceptors (Lipinski definition) is 5. The van der Waals surface area contributed by atoms with Crippen LogP contribution >= 0.6 is 0 Å². The molecule has 6 nitrogen and oxygen atoms in total. The lowest BCUT2D eigenvalue weighted by atomic mass is 10.2. The van der Waals surface area contributed by atoms with Crippen molar-refractivity contribution < 1.29 is 4.79 Å². The van der Waals surface area contributed by atoms with E-state index in [1.807, 2.05) is 43.5 Å². The van der Waals surface area contributed by atoms with Crippen LogP contribution in [0, 0.1) is 0 Å². The van der Waals surface area contributed by atoms with Gasteiger partial charge in [0.2, 0.25) is 5.91 Å². The summed E-state index contributed by atoms with van der Waals surface area (Å²) in [6.07, 6.45) is 5.66. The lowest BCUT2D eigenvalue weighted by molar-refractivity contribution is -0.116. The summed E-state index contributed by atoms with van der Waals surface area (Å²) in [7, 11) is 0. The molecule has 1 aliphatic heterocycles. The van der Waals surface area contributed by atoms with Crippen molar-refractivity contribution in [2.45, 2.75) is 32.6 Å². The first kappa shape index (κ1) is 16.2. The van der Waals surface area contributed by atoms with Gasteiger partial charge in [0, 0.05) is 37.0 Å². The second-order valence-electron chi connectivity index (χ2n) is 5.99. The third-order valence-electron chi connectivity index (χ3n) is 4.03. The zero-order valence-corrected chi connectivity index (χ0v) is 14.0. The molecule has 6 heteroatoms. The summed E-state index contributed by atoms with van der Waals surface area (Å²) in [5.41, 5.74) is 2.82. The molecule has 2 aromatic rings. The molecule has 0 atom stereocenters. The van der Waals surface area contributed by atoms with Crippen LogP contribution in [-0.4, -0.2) is 29.2 Å².